The monoisotopic (exact) mass is 382 g/mol. The molecule has 0 aliphatic carbocycles. The minimum absolute atomic E-state index is 0.211. The first-order valence-electron chi connectivity index (χ1n) is 9.12. The number of aryl methyl sites for hydroxylation is 1. The Morgan fingerprint density at radius 2 is 1.75 bits per heavy atom. The molecule has 2 aromatic carbocycles. The molecule has 6 heteroatoms. The Balaban J connectivity index is 2.03. The average molecular weight is 382 g/mol. The molecular weight excluding hydrogens is 359 g/mol. The largest absolute Gasteiger partial charge is 0.385 e. The number of carbonyl (C=O) groups is 2. The predicted molar refractivity (Wildman–Crippen MR) is 106 cm³/mol. The van der Waals surface area contributed by atoms with Crippen molar-refractivity contribution in [2.75, 3.05) is 25.6 Å². The zero-order valence-corrected chi connectivity index (χ0v) is 16.2. The van der Waals surface area contributed by atoms with Crippen molar-refractivity contribution in [3.63, 3.8) is 0 Å². The molecule has 0 atom stereocenters. The summed E-state index contributed by atoms with van der Waals surface area (Å²) in [5.41, 5.74) is 3.79. The first-order valence-corrected chi connectivity index (χ1v) is 9.12. The van der Waals surface area contributed by atoms with Gasteiger partial charge in [-0.05, 0) is 55.2 Å². The van der Waals surface area contributed by atoms with Crippen LogP contribution in [0.2, 0.25) is 0 Å². The van der Waals surface area contributed by atoms with Crippen LogP contribution in [0.4, 0.5) is 10.1 Å². The molecule has 0 saturated heterocycles. The molecule has 1 aliphatic heterocycles. The van der Waals surface area contributed by atoms with Gasteiger partial charge in [0.1, 0.15) is 11.5 Å². The lowest BCUT2D eigenvalue weighted by molar-refractivity contribution is -0.136. The Hall–Kier alpha value is -2.99. The highest BCUT2D eigenvalue weighted by atomic mass is 19.1. The number of rotatable bonds is 7. The summed E-state index contributed by atoms with van der Waals surface area (Å²) in [4.78, 5) is 27.3. The molecule has 3 rings (SSSR count). The fourth-order valence-electron chi connectivity index (χ4n) is 3.17. The summed E-state index contributed by atoms with van der Waals surface area (Å²) in [6.45, 7) is 4.64. The second-order valence-electron chi connectivity index (χ2n) is 6.74. The molecule has 0 fully saturated rings. The average Bonchev–Trinajstić information content (AvgIpc) is 2.90. The number of hydrogen-bond acceptors (Lipinski definition) is 4. The number of hydrogen-bond donors (Lipinski definition) is 1. The summed E-state index contributed by atoms with van der Waals surface area (Å²) in [6, 6.07) is 11.3. The Bertz CT molecular complexity index is 935. The third kappa shape index (κ3) is 3.82. The number of methoxy groups -OCH3 is 1. The van der Waals surface area contributed by atoms with Gasteiger partial charge in [0.2, 0.25) is 0 Å². The molecule has 1 N–H and O–H groups in total. The molecule has 0 unspecified atom stereocenters. The number of anilines is 1. The summed E-state index contributed by atoms with van der Waals surface area (Å²) in [5.74, 6) is -1.18. The molecule has 5 nitrogen and oxygen atoms in total. The first kappa shape index (κ1) is 19.8. The topological polar surface area (TPSA) is 58.6 Å². The molecule has 28 heavy (non-hydrogen) atoms. The lowest BCUT2D eigenvalue weighted by Crippen LogP contribution is -2.34. The van der Waals surface area contributed by atoms with Crippen molar-refractivity contribution in [2.24, 2.45) is 0 Å². The van der Waals surface area contributed by atoms with Crippen LogP contribution in [0.15, 0.2) is 48.2 Å². The van der Waals surface area contributed by atoms with E-state index in [2.05, 4.69) is 5.32 Å². The maximum absolute atomic E-state index is 13.4. The molecule has 2 aromatic rings. The van der Waals surface area contributed by atoms with Crippen LogP contribution >= 0.6 is 0 Å². The van der Waals surface area contributed by atoms with Crippen LogP contribution in [0.3, 0.4) is 0 Å². The Morgan fingerprint density at radius 3 is 2.43 bits per heavy atom. The first-order chi connectivity index (χ1) is 13.4. The highest BCUT2D eigenvalue weighted by Gasteiger charge is 2.39. The van der Waals surface area contributed by atoms with Crippen molar-refractivity contribution in [3.8, 4) is 0 Å². The highest BCUT2D eigenvalue weighted by molar-refractivity contribution is 6.36. The number of imide groups is 1. The number of halogens is 1. The zero-order valence-electron chi connectivity index (χ0n) is 16.2. The summed E-state index contributed by atoms with van der Waals surface area (Å²) in [7, 11) is 1.57. The Kier molecular flexibility index (Phi) is 5.90. The van der Waals surface area contributed by atoms with Crippen molar-refractivity contribution < 1.29 is 18.7 Å². The van der Waals surface area contributed by atoms with Gasteiger partial charge < -0.3 is 10.1 Å². The molecule has 0 radical (unpaired) electrons. The van der Waals surface area contributed by atoms with Crippen molar-refractivity contribution >= 4 is 23.1 Å². The Labute approximate surface area is 163 Å². The zero-order chi connectivity index (χ0) is 20.3. The lowest BCUT2D eigenvalue weighted by Gasteiger charge is -2.15. The van der Waals surface area contributed by atoms with E-state index in [1.807, 2.05) is 32.0 Å². The third-order valence-electron chi connectivity index (χ3n) is 4.90. The van der Waals surface area contributed by atoms with Crippen LogP contribution < -0.4 is 5.32 Å². The van der Waals surface area contributed by atoms with E-state index in [1.54, 1.807) is 7.11 Å². The second kappa shape index (κ2) is 8.35. The molecule has 0 spiro atoms. The SMILES string of the molecule is COCCCN1C(=O)C(Nc2cccc(C)c2C)=C(c2ccc(F)cc2)C1=O. The third-order valence-corrected chi connectivity index (χ3v) is 4.90. The minimum atomic E-state index is -0.401. The van der Waals surface area contributed by atoms with E-state index < -0.39 is 5.82 Å². The van der Waals surface area contributed by atoms with Crippen LogP contribution in [-0.2, 0) is 14.3 Å². The van der Waals surface area contributed by atoms with Crippen LogP contribution in [0.1, 0.15) is 23.1 Å². The van der Waals surface area contributed by atoms with E-state index in [4.69, 9.17) is 4.74 Å². The fraction of sp³-hybridized carbons (Fsp3) is 0.273. The van der Waals surface area contributed by atoms with Gasteiger partial charge >= 0.3 is 0 Å². The van der Waals surface area contributed by atoms with Crippen LogP contribution in [0.5, 0.6) is 0 Å². The van der Waals surface area contributed by atoms with Gasteiger partial charge in [0.25, 0.3) is 11.8 Å². The van der Waals surface area contributed by atoms with Crippen LogP contribution in [0, 0.1) is 19.7 Å². The molecule has 0 saturated carbocycles. The molecule has 2 amide bonds. The van der Waals surface area contributed by atoms with Gasteiger partial charge in [-0.2, -0.15) is 0 Å². The molecule has 1 heterocycles. The minimum Gasteiger partial charge on any atom is -0.385 e. The maximum Gasteiger partial charge on any atom is 0.278 e. The van der Waals surface area contributed by atoms with E-state index in [9.17, 15) is 14.0 Å². The summed E-state index contributed by atoms with van der Waals surface area (Å²) in [5, 5.41) is 3.16. The fourth-order valence-corrected chi connectivity index (χ4v) is 3.17. The lowest BCUT2D eigenvalue weighted by atomic mass is 10.0. The number of benzene rings is 2. The van der Waals surface area contributed by atoms with Gasteiger partial charge in [0.15, 0.2) is 0 Å². The summed E-state index contributed by atoms with van der Waals surface area (Å²) in [6.07, 6.45) is 0.543. The number of nitrogens with one attached hydrogen (secondary N) is 1. The number of amides is 2. The van der Waals surface area contributed by atoms with Gasteiger partial charge in [0.05, 0.1) is 5.57 Å². The van der Waals surface area contributed by atoms with Crippen LogP contribution in [0.25, 0.3) is 5.57 Å². The van der Waals surface area contributed by atoms with Crippen LogP contribution in [-0.4, -0.2) is 37.0 Å². The summed E-state index contributed by atoms with van der Waals surface area (Å²) >= 11 is 0. The molecule has 0 aromatic heterocycles. The van der Waals surface area contributed by atoms with Gasteiger partial charge in [0, 0.05) is 25.9 Å². The molecule has 0 bridgehead atoms. The normalized spacial score (nSPS) is 14.2. The number of ether oxygens (including phenoxy) is 1. The van der Waals surface area contributed by atoms with Crippen molar-refractivity contribution in [3.05, 3.63) is 70.7 Å². The highest BCUT2D eigenvalue weighted by Crippen LogP contribution is 2.32. The van der Waals surface area contributed by atoms with Crippen molar-refractivity contribution in [1.82, 2.24) is 4.90 Å². The number of nitrogens with zero attached hydrogens (tertiary/aromatic N) is 1. The summed E-state index contributed by atoms with van der Waals surface area (Å²) < 4.78 is 18.4. The smallest absolute Gasteiger partial charge is 0.278 e. The second-order valence-corrected chi connectivity index (χ2v) is 6.74. The van der Waals surface area contributed by atoms with Crippen molar-refractivity contribution in [2.45, 2.75) is 20.3 Å². The van der Waals surface area contributed by atoms with Gasteiger partial charge in [-0.15, -0.1) is 0 Å². The quantitative estimate of drug-likeness (QED) is 0.586. The van der Waals surface area contributed by atoms with E-state index in [-0.39, 0.29) is 29.6 Å². The Morgan fingerprint density at radius 1 is 1.04 bits per heavy atom. The predicted octanol–water partition coefficient (Wildman–Crippen LogP) is 3.67. The molecular formula is C22H23FN2O3. The molecule has 146 valence electrons. The molecule has 1 aliphatic rings. The van der Waals surface area contributed by atoms with Gasteiger partial charge in [-0.1, -0.05) is 24.3 Å². The van der Waals surface area contributed by atoms with E-state index >= 15 is 0 Å². The van der Waals surface area contributed by atoms with E-state index in [0.717, 1.165) is 16.8 Å². The standard InChI is InChI=1S/C22H23FN2O3/c1-14-6-4-7-18(15(14)2)24-20-19(16-8-10-17(23)11-9-16)21(26)25(22(20)27)12-5-13-28-3/h4,6-11,24H,5,12-13H2,1-3H3. The van der Waals surface area contributed by atoms with Gasteiger partial charge in [-0.3, -0.25) is 14.5 Å². The number of carbonyl (C=O) groups excluding carboxylic acids is 2. The van der Waals surface area contributed by atoms with Gasteiger partial charge in [-0.25, -0.2) is 4.39 Å². The van der Waals surface area contributed by atoms with E-state index in [0.29, 0.717) is 18.6 Å². The van der Waals surface area contributed by atoms with E-state index in [1.165, 1.54) is 29.2 Å². The maximum atomic E-state index is 13.4. The van der Waals surface area contributed by atoms with Crippen molar-refractivity contribution in [1.29, 1.82) is 0 Å².